The molecular formula is C17H21N3O3S. The normalized spacial score (nSPS) is 27.5. The molecule has 2 aliphatic rings. The highest BCUT2D eigenvalue weighted by Crippen LogP contribution is 2.45. The molecule has 128 valence electrons. The van der Waals surface area contributed by atoms with E-state index in [9.17, 15) is 13.5 Å². The van der Waals surface area contributed by atoms with Crippen molar-refractivity contribution >= 4 is 10.0 Å². The van der Waals surface area contributed by atoms with E-state index in [1.807, 2.05) is 24.7 Å². The lowest BCUT2D eigenvalue weighted by Crippen LogP contribution is -2.31. The summed E-state index contributed by atoms with van der Waals surface area (Å²) in [6.07, 6.45) is 5.45. The lowest BCUT2D eigenvalue weighted by atomic mass is 9.85. The largest absolute Gasteiger partial charge is 0.393 e. The van der Waals surface area contributed by atoms with Crippen LogP contribution < -0.4 is 0 Å². The van der Waals surface area contributed by atoms with Gasteiger partial charge >= 0.3 is 0 Å². The van der Waals surface area contributed by atoms with Gasteiger partial charge in [0.1, 0.15) is 0 Å². The first-order valence-electron chi connectivity index (χ1n) is 8.21. The van der Waals surface area contributed by atoms with Crippen LogP contribution in [0.1, 0.15) is 24.4 Å². The Morgan fingerprint density at radius 3 is 2.75 bits per heavy atom. The van der Waals surface area contributed by atoms with E-state index in [4.69, 9.17) is 0 Å². The van der Waals surface area contributed by atoms with Crippen molar-refractivity contribution < 1.29 is 13.5 Å². The van der Waals surface area contributed by atoms with Gasteiger partial charge in [-0.1, -0.05) is 24.3 Å². The van der Waals surface area contributed by atoms with Crippen molar-refractivity contribution in [2.45, 2.75) is 25.0 Å². The van der Waals surface area contributed by atoms with Gasteiger partial charge in [0, 0.05) is 24.6 Å². The molecule has 1 unspecified atom stereocenters. The number of hydrogen-bond acceptors (Lipinski definition) is 4. The number of sulfonamides is 1. The minimum absolute atomic E-state index is 0.00760. The number of aromatic nitrogens is 2. The molecule has 7 heteroatoms. The molecule has 0 amide bonds. The smallest absolute Gasteiger partial charge is 0.211 e. The summed E-state index contributed by atoms with van der Waals surface area (Å²) >= 11 is 0. The Morgan fingerprint density at radius 2 is 1.96 bits per heavy atom. The highest BCUT2D eigenvalue weighted by Gasteiger charge is 2.39. The maximum Gasteiger partial charge on any atom is 0.211 e. The molecule has 0 radical (unpaired) electrons. The number of fused-ring (bicyclic) bond motifs is 3. The minimum atomic E-state index is -3.23. The molecule has 0 bridgehead atoms. The van der Waals surface area contributed by atoms with Crippen molar-refractivity contribution in [3.05, 3.63) is 42.4 Å². The first-order valence-corrected chi connectivity index (χ1v) is 10.1. The van der Waals surface area contributed by atoms with Crippen molar-refractivity contribution in [3.63, 3.8) is 0 Å². The Kier molecular flexibility index (Phi) is 3.74. The molecule has 2 aromatic rings. The summed E-state index contributed by atoms with van der Waals surface area (Å²) in [5.74, 6) is -0.0339. The number of nitrogens with zero attached hydrogens (tertiary/aromatic N) is 3. The third kappa shape index (κ3) is 2.47. The van der Waals surface area contributed by atoms with E-state index in [-0.39, 0.29) is 12.0 Å². The fourth-order valence-electron chi connectivity index (χ4n) is 4.10. The van der Waals surface area contributed by atoms with E-state index in [1.54, 1.807) is 0 Å². The summed E-state index contributed by atoms with van der Waals surface area (Å²) in [4.78, 5) is 4.27. The van der Waals surface area contributed by atoms with E-state index >= 15 is 0 Å². The Labute approximate surface area is 141 Å². The van der Waals surface area contributed by atoms with Gasteiger partial charge in [0.25, 0.3) is 0 Å². The van der Waals surface area contributed by atoms with Gasteiger partial charge in [-0.05, 0) is 18.4 Å². The maximum atomic E-state index is 11.9. The second kappa shape index (κ2) is 5.68. The van der Waals surface area contributed by atoms with Crippen LogP contribution in [0.3, 0.4) is 0 Å². The zero-order valence-electron chi connectivity index (χ0n) is 13.5. The maximum absolute atomic E-state index is 11.9. The van der Waals surface area contributed by atoms with E-state index in [2.05, 4.69) is 21.7 Å². The summed E-state index contributed by atoms with van der Waals surface area (Å²) in [6, 6.07) is 8.20. The lowest BCUT2D eigenvalue weighted by molar-refractivity contribution is 0.0836. The summed E-state index contributed by atoms with van der Waals surface area (Å²) < 4.78 is 27.3. The molecule has 3 heterocycles. The molecule has 1 aromatic heterocycles. The lowest BCUT2D eigenvalue weighted by Gasteiger charge is -2.28. The fourth-order valence-corrected chi connectivity index (χ4v) is 4.97. The molecule has 0 saturated carbocycles. The number of rotatable bonds is 2. The Balaban J connectivity index is 1.71. The van der Waals surface area contributed by atoms with Crippen molar-refractivity contribution in [2.24, 2.45) is 5.92 Å². The molecule has 1 aromatic carbocycles. The highest BCUT2D eigenvalue weighted by molar-refractivity contribution is 7.88. The SMILES string of the molecule is CS(=O)(=O)N1CC[C@@H](O)[C@H](C2c3ccccc3-c3cncn32)CC1. The van der Waals surface area contributed by atoms with E-state index in [1.165, 1.54) is 16.1 Å². The molecular weight excluding hydrogens is 326 g/mol. The van der Waals surface area contributed by atoms with Crippen LogP contribution in [0.25, 0.3) is 11.3 Å². The van der Waals surface area contributed by atoms with Crippen molar-refractivity contribution in [1.29, 1.82) is 0 Å². The standard InChI is InChI=1S/C17H21N3O3S/c1-24(22,23)19-8-6-14(16(21)7-9-19)17-13-5-3-2-4-12(13)15-10-18-11-20(15)17/h2-5,10-11,14,16-17,21H,6-9H2,1H3/t14-,16-,17?/m1/s1. The topological polar surface area (TPSA) is 75.4 Å². The zero-order chi connectivity index (χ0) is 16.9. The van der Waals surface area contributed by atoms with E-state index < -0.39 is 16.1 Å². The molecule has 0 aliphatic carbocycles. The van der Waals surface area contributed by atoms with E-state index in [0.717, 1.165) is 11.3 Å². The first kappa shape index (κ1) is 15.8. The summed E-state index contributed by atoms with van der Waals surface area (Å²) in [5, 5.41) is 10.7. The van der Waals surface area contributed by atoms with Crippen LogP contribution in [0.4, 0.5) is 0 Å². The molecule has 3 atom stereocenters. The average Bonchev–Trinajstić information content (AvgIpc) is 3.05. The number of benzene rings is 1. The van der Waals surface area contributed by atoms with Gasteiger partial charge < -0.3 is 9.67 Å². The van der Waals surface area contributed by atoms with Gasteiger partial charge in [0.2, 0.25) is 10.0 Å². The molecule has 24 heavy (non-hydrogen) atoms. The Morgan fingerprint density at radius 1 is 1.21 bits per heavy atom. The number of aliphatic hydroxyl groups excluding tert-OH is 1. The molecule has 4 rings (SSSR count). The zero-order valence-corrected chi connectivity index (χ0v) is 14.4. The molecule has 6 nitrogen and oxygen atoms in total. The fraction of sp³-hybridized carbons (Fsp3) is 0.471. The number of hydrogen-bond donors (Lipinski definition) is 1. The minimum Gasteiger partial charge on any atom is -0.393 e. The van der Waals surface area contributed by atoms with Crippen LogP contribution >= 0.6 is 0 Å². The third-order valence-corrected chi connectivity index (χ3v) is 6.58. The van der Waals surface area contributed by atoms with Crippen LogP contribution in [0.5, 0.6) is 0 Å². The van der Waals surface area contributed by atoms with Crippen molar-refractivity contribution in [2.75, 3.05) is 19.3 Å². The second-order valence-corrected chi connectivity index (χ2v) is 8.67. The molecule has 0 spiro atoms. The third-order valence-electron chi connectivity index (χ3n) is 5.28. The van der Waals surface area contributed by atoms with Crippen molar-refractivity contribution in [3.8, 4) is 11.3 Å². The first-order chi connectivity index (χ1) is 11.5. The van der Waals surface area contributed by atoms with E-state index in [0.29, 0.717) is 25.9 Å². The number of imidazole rings is 1. The van der Waals surface area contributed by atoms with Gasteiger partial charge in [0.15, 0.2) is 0 Å². The summed E-state index contributed by atoms with van der Waals surface area (Å²) in [6.45, 7) is 0.824. The van der Waals surface area contributed by atoms with Crippen LogP contribution in [0, 0.1) is 5.92 Å². The van der Waals surface area contributed by atoms with Gasteiger partial charge in [-0.15, -0.1) is 0 Å². The quantitative estimate of drug-likeness (QED) is 0.893. The van der Waals surface area contributed by atoms with Gasteiger partial charge in [-0.2, -0.15) is 0 Å². The second-order valence-electron chi connectivity index (χ2n) is 6.69. The van der Waals surface area contributed by atoms with Gasteiger partial charge in [-0.25, -0.2) is 17.7 Å². The Hall–Kier alpha value is -1.70. The van der Waals surface area contributed by atoms with Crippen LogP contribution in [0.2, 0.25) is 0 Å². The molecule has 1 saturated heterocycles. The average molecular weight is 347 g/mol. The predicted octanol–water partition coefficient (Wildman–Crippen LogP) is 1.49. The van der Waals surface area contributed by atoms with Crippen LogP contribution in [-0.4, -0.2) is 52.8 Å². The summed E-state index contributed by atoms with van der Waals surface area (Å²) in [7, 11) is -3.23. The van der Waals surface area contributed by atoms with Gasteiger partial charge in [-0.3, -0.25) is 0 Å². The van der Waals surface area contributed by atoms with Crippen LogP contribution in [-0.2, 0) is 10.0 Å². The van der Waals surface area contributed by atoms with Crippen molar-refractivity contribution in [1.82, 2.24) is 13.9 Å². The summed E-state index contributed by atoms with van der Waals surface area (Å²) in [5.41, 5.74) is 3.40. The Bertz CT molecular complexity index is 861. The van der Waals surface area contributed by atoms with Crippen LogP contribution in [0.15, 0.2) is 36.8 Å². The molecule has 2 aliphatic heterocycles. The highest BCUT2D eigenvalue weighted by atomic mass is 32.2. The number of aliphatic hydroxyl groups is 1. The molecule has 1 N–H and O–H groups in total. The van der Waals surface area contributed by atoms with Gasteiger partial charge in [0.05, 0.1) is 36.6 Å². The predicted molar refractivity (Wildman–Crippen MR) is 90.9 cm³/mol. The molecule has 1 fully saturated rings. The monoisotopic (exact) mass is 347 g/mol.